The van der Waals surface area contributed by atoms with E-state index in [1.54, 1.807) is 6.07 Å². The van der Waals surface area contributed by atoms with Crippen molar-refractivity contribution in [3.8, 4) is 0 Å². The maximum atomic E-state index is 12.2. The van der Waals surface area contributed by atoms with Gasteiger partial charge in [0, 0.05) is 12.3 Å². The van der Waals surface area contributed by atoms with Gasteiger partial charge in [-0.3, -0.25) is 9.59 Å². The molecule has 0 aliphatic carbocycles. The van der Waals surface area contributed by atoms with Crippen LogP contribution in [0.25, 0.3) is 0 Å². The minimum absolute atomic E-state index is 0.0848. The Hall–Kier alpha value is -2.66. The first-order chi connectivity index (χ1) is 11.5. The van der Waals surface area contributed by atoms with Crippen molar-refractivity contribution in [1.29, 1.82) is 0 Å². The lowest BCUT2D eigenvalue weighted by Crippen LogP contribution is -2.38. The second-order valence-corrected chi connectivity index (χ2v) is 5.72. The predicted octanol–water partition coefficient (Wildman–Crippen LogP) is 2.48. The lowest BCUT2D eigenvalue weighted by Gasteiger charge is -2.18. The van der Waals surface area contributed by atoms with Gasteiger partial charge in [-0.25, -0.2) is 0 Å². The Balaban J connectivity index is 2.05. The zero-order valence-corrected chi connectivity index (χ0v) is 13.9. The maximum Gasteiger partial charge on any atom is 0.313 e. The predicted molar refractivity (Wildman–Crippen MR) is 93.6 cm³/mol. The van der Waals surface area contributed by atoms with Crippen molar-refractivity contribution in [2.24, 2.45) is 0 Å². The Kier molecular flexibility index (Phi) is 6.09. The third kappa shape index (κ3) is 4.67. The van der Waals surface area contributed by atoms with E-state index in [1.165, 1.54) is 0 Å². The molecule has 2 rings (SSSR count). The van der Waals surface area contributed by atoms with Crippen LogP contribution < -0.4 is 10.6 Å². The van der Waals surface area contributed by atoms with Gasteiger partial charge in [0.15, 0.2) is 0 Å². The molecule has 2 aromatic rings. The van der Waals surface area contributed by atoms with Crippen LogP contribution in [0.5, 0.6) is 0 Å². The van der Waals surface area contributed by atoms with E-state index >= 15 is 0 Å². The van der Waals surface area contributed by atoms with Crippen LogP contribution in [0, 0.1) is 13.8 Å². The summed E-state index contributed by atoms with van der Waals surface area (Å²) in [5, 5.41) is 14.5. The molecule has 0 fully saturated rings. The van der Waals surface area contributed by atoms with Gasteiger partial charge in [-0.1, -0.05) is 48.0 Å². The van der Waals surface area contributed by atoms with Crippen LogP contribution in [0.2, 0.25) is 0 Å². The molecular weight excluding hydrogens is 304 g/mol. The van der Waals surface area contributed by atoms with Crippen molar-refractivity contribution in [2.75, 3.05) is 11.9 Å². The number of hydrogen-bond donors (Lipinski definition) is 3. The molecule has 0 aliphatic heterocycles. The van der Waals surface area contributed by atoms with Crippen LogP contribution in [-0.4, -0.2) is 23.5 Å². The molecule has 0 heterocycles. The molecule has 3 N–H and O–H groups in total. The highest BCUT2D eigenvalue weighted by atomic mass is 16.3. The summed E-state index contributed by atoms with van der Waals surface area (Å²) in [5.41, 5.74) is 3.44. The molecule has 0 bridgehead atoms. The van der Waals surface area contributed by atoms with Crippen molar-refractivity contribution in [3.05, 3.63) is 65.2 Å². The van der Waals surface area contributed by atoms with Gasteiger partial charge in [0.25, 0.3) is 0 Å². The molecule has 2 aromatic carbocycles. The maximum absolute atomic E-state index is 12.2. The smallest absolute Gasteiger partial charge is 0.313 e. The van der Waals surface area contributed by atoms with Gasteiger partial charge < -0.3 is 15.7 Å². The highest BCUT2D eigenvalue weighted by Gasteiger charge is 2.20. The molecule has 2 amide bonds. The monoisotopic (exact) mass is 326 g/mol. The lowest BCUT2D eigenvalue weighted by molar-refractivity contribution is -0.136. The van der Waals surface area contributed by atoms with Crippen LogP contribution in [0.1, 0.15) is 29.2 Å². The number of benzene rings is 2. The van der Waals surface area contributed by atoms with Crippen LogP contribution >= 0.6 is 0 Å². The molecule has 0 aliphatic rings. The summed E-state index contributed by atoms with van der Waals surface area (Å²) in [6, 6.07) is 14.4. The largest absolute Gasteiger partial charge is 0.396 e. The van der Waals surface area contributed by atoms with E-state index in [-0.39, 0.29) is 6.61 Å². The first kappa shape index (κ1) is 17.7. The van der Waals surface area contributed by atoms with Gasteiger partial charge in [0.2, 0.25) is 0 Å². The molecule has 0 radical (unpaired) electrons. The van der Waals surface area contributed by atoms with Crippen molar-refractivity contribution in [2.45, 2.75) is 26.3 Å². The fraction of sp³-hybridized carbons (Fsp3) is 0.263. The zero-order valence-electron chi connectivity index (χ0n) is 13.9. The third-order valence-electron chi connectivity index (χ3n) is 3.76. The van der Waals surface area contributed by atoms with E-state index in [0.29, 0.717) is 12.1 Å². The average molecular weight is 326 g/mol. The Morgan fingerprint density at radius 1 is 1.04 bits per heavy atom. The van der Waals surface area contributed by atoms with Crippen LogP contribution in [0.15, 0.2) is 48.5 Å². The number of amides is 2. The van der Waals surface area contributed by atoms with Gasteiger partial charge in [-0.05, 0) is 37.5 Å². The third-order valence-corrected chi connectivity index (χ3v) is 3.76. The van der Waals surface area contributed by atoms with Gasteiger partial charge in [0.1, 0.15) is 0 Å². The van der Waals surface area contributed by atoms with Crippen molar-refractivity contribution in [3.63, 3.8) is 0 Å². The lowest BCUT2D eigenvalue weighted by atomic mass is 10.0. The number of anilines is 1. The number of hydrogen-bond acceptors (Lipinski definition) is 3. The second kappa shape index (κ2) is 8.26. The van der Waals surface area contributed by atoms with E-state index in [2.05, 4.69) is 10.6 Å². The SMILES string of the molecule is Cc1ccc(NC(=O)C(=O)NC(CCO)c2ccccc2)c(C)c1. The molecule has 1 atom stereocenters. The van der Waals surface area contributed by atoms with Gasteiger partial charge >= 0.3 is 11.8 Å². The summed E-state index contributed by atoms with van der Waals surface area (Å²) in [6.07, 6.45) is 0.340. The Labute approximate surface area is 141 Å². The van der Waals surface area contributed by atoms with E-state index in [1.807, 2.05) is 56.3 Å². The molecule has 0 saturated carbocycles. The van der Waals surface area contributed by atoms with Gasteiger partial charge in [0.05, 0.1) is 6.04 Å². The Morgan fingerprint density at radius 2 is 1.75 bits per heavy atom. The van der Waals surface area contributed by atoms with Crippen LogP contribution in [0.4, 0.5) is 5.69 Å². The first-order valence-corrected chi connectivity index (χ1v) is 7.86. The van der Waals surface area contributed by atoms with Crippen molar-refractivity contribution in [1.82, 2.24) is 5.32 Å². The summed E-state index contributed by atoms with van der Waals surface area (Å²) in [5.74, 6) is -1.45. The van der Waals surface area contributed by atoms with Gasteiger partial charge in [-0.2, -0.15) is 0 Å². The number of nitrogens with one attached hydrogen (secondary N) is 2. The molecular formula is C19H22N2O3. The fourth-order valence-corrected chi connectivity index (χ4v) is 2.49. The highest BCUT2D eigenvalue weighted by molar-refractivity contribution is 6.39. The fourth-order valence-electron chi connectivity index (χ4n) is 2.49. The van der Waals surface area contributed by atoms with E-state index in [0.717, 1.165) is 16.7 Å². The summed E-state index contributed by atoms with van der Waals surface area (Å²) < 4.78 is 0. The number of carbonyl (C=O) groups excluding carboxylic acids is 2. The Bertz CT molecular complexity index is 714. The molecule has 126 valence electrons. The van der Waals surface area contributed by atoms with Crippen LogP contribution in [-0.2, 0) is 9.59 Å². The summed E-state index contributed by atoms with van der Waals surface area (Å²) in [7, 11) is 0. The molecule has 0 saturated heterocycles. The minimum atomic E-state index is -0.725. The van der Waals surface area contributed by atoms with Gasteiger partial charge in [-0.15, -0.1) is 0 Å². The summed E-state index contributed by atoms with van der Waals surface area (Å²) in [6.45, 7) is 3.75. The topological polar surface area (TPSA) is 78.4 Å². The van der Waals surface area contributed by atoms with Crippen LogP contribution in [0.3, 0.4) is 0 Å². The highest BCUT2D eigenvalue weighted by Crippen LogP contribution is 2.17. The average Bonchev–Trinajstić information content (AvgIpc) is 2.57. The molecule has 0 spiro atoms. The molecule has 1 unspecified atom stereocenters. The molecule has 24 heavy (non-hydrogen) atoms. The molecule has 5 heteroatoms. The van der Waals surface area contributed by atoms with Crippen molar-refractivity contribution >= 4 is 17.5 Å². The quantitative estimate of drug-likeness (QED) is 0.739. The normalized spacial score (nSPS) is 11.6. The first-order valence-electron chi connectivity index (χ1n) is 7.86. The number of rotatable bonds is 5. The Morgan fingerprint density at radius 3 is 2.38 bits per heavy atom. The second-order valence-electron chi connectivity index (χ2n) is 5.72. The van der Waals surface area contributed by atoms with E-state index in [4.69, 9.17) is 0 Å². The van der Waals surface area contributed by atoms with Crippen molar-refractivity contribution < 1.29 is 14.7 Å². The molecule has 0 aromatic heterocycles. The zero-order chi connectivity index (χ0) is 17.5. The summed E-state index contributed by atoms with van der Waals surface area (Å²) >= 11 is 0. The van der Waals surface area contributed by atoms with E-state index < -0.39 is 17.9 Å². The van der Waals surface area contributed by atoms with E-state index in [9.17, 15) is 14.7 Å². The molecule has 5 nitrogen and oxygen atoms in total. The number of aliphatic hydroxyl groups excluding tert-OH is 1. The standard InChI is InChI=1S/C19H22N2O3/c1-13-8-9-16(14(2)12-13)20-18(23)19(24)21-17(10-11-22)15-6-4-3-5-7-15/h3-9,12,17,22H,10-11H2,1-2H3,(H,20,23)(H,21,24). The summed E-state index contributed by atoms with van der Waals surface area (Å²) in [4.78, 5) is 24.3. The number of aryl methyl sites for hydroxylation is 2. The minimum Gasteiger partial charge on any atom is -0.396 e. The number of aliphatic hydroxyl groups is 1. The number of carbonyl (C=O) groups is 2.